The number of aromatic nitrogens is 2. The summed E-state index contributed by atoms with van der Waals surface area (Å²) in [5.74, 6) is -0.355. The van der Waals surface area contributed by atoms with E-state index in [0.29, 0.717) is 82.3 Å². The van der Waals surface area contributed by atoms with Gasteiger partial charge in [-0.3, -0.25) is 43.9 Å². The first kappa shape index (κ1) is 44.8. The molecule has 0 spiro atoms. The van der Waals surface area contributed by atoms with Crippen LogP contribution in [0.25, 0.3) is 0 Å². The third kappa shape index (κ3) is 12.2. The van der Waals surface area contributed by atoms with Gasteiger partial charge in [0.15, 0.2) is 5.13 Å². The van der Waals surface area contributed by atoms with Gasteiger partial charge in [0, 0.05) is 24.3 Å². The van der Waals surface area contributed by atoms with Crippen LogP contribution in [0.4, 0.5) is 5.13 Å². The smallest absolute Gasteiger partial charge is 0.266 e. The van der Waals surface area contributed by atoms with Crippen molar-refractivity contribution in [2.45, 2.75) is 67.9 Å². The molecule has 20 heteroatoms. The number of nitrogens with one attached hydrogen (secondary N) is 3. The van der Waals surface area contributed by atoms with Crippen molar-refractivity contribution in [3.63, 3.8) is 0 Å². The lowest BCUT2D eigenvalue weighted by molar-refractivity contribution is -0.136. The summed E-state index contributed by atoms with van der Waals surface area (Å²) in [6.45, 7) is 10.1. The van der Waals surface area contributed by atoms with Crippen molar-refractivity contribution < 1.29 is 52.1 Å². The van der Waals surface area contributed by atoms with Crippen molar-refractivity contribution in [3.8, 4) is 5.75 Å². The summed E-state index contributed by atoms with van der Waals surface area (Å²) in [7, 11) is 0. The van der Waals surface area contributed by atoms with E-state index in [4.69, 9.17) is 23.4 Å². The van der Waals surface area contributed by atoms with Crippen LogP contribution in [-0.2, 0) is 44.6 Å². The molecule has 2 aromatic heterocycles. The fraction of sp³-hybridized carbons (Fsp3) is 0.550. The highest BCUT2D eigenvalue weighted by Gasteiger charge is 2.46. The molecule has 1 unspecified atom stereocenters. The normalized spacial score (nSPS) is 17.5. The average molecular weight is 870 g/mol. The van der Waals surface area contributed by atoms with Crippen molar-refractivity contribution in [3.05, 3.63) is 53.4 Å². The van der Waals surface area contributed by atoms with Gasteiger partial charge in [-0.2, -0.15) is 0 Å². The molecule has 3 aliphatic rings. The van der Waals surface area contributed by atoms with E-state index in [0.717, 1.165) is 14.9 Å². The molecule has 0 saturated carbocycles. The first-order chi connectivity index (χ1) is 28.9. The lowest BCUT2D eigenvalue weighted by Gasteiger charge is -2.30. The average Bonchev–Trinajstić information content (AvgIpc) is 3.95. The third-order valence-electron chi connectivity index (χ3n) is 9.90. The summed E-state index contributed by atoms with van der Waals surface area (Å²) in [5, 5.41) is 8.56. The van der Waals surface area contributed by atoms with Crippen molar-refractivity contribution in [1.82, 2.24) is 30.4 Å². The largest absolute Gasteiger partial charge is 0.490 e. The molecule has 0 bridgehead atoms. The Balaban J connectivity index is 0.749. The standard InChI is InChI=1S/C40H51N7O11S2/c1-40(2,3)29-21-42-32(58-29)24-59-33-22-43-39(60-33)45-35(50)25-9-12-46(13-10-25)23-31(49)41-11-14-54-15-16-55-17-18-56-19-20-57-28-6-4-5-26-34(28)38(53)47(37(26)52)27-7-8-30(48)44-36(27)51/h4-6,21-22,25,27H,7-20,23-24H2,1-3H3,(H,41,49)(H,43,45,50)(H,44,48,51). The number of ether oxygens (including phenoxy) is 4. The van der Waals surface area contributed by atoms with Crippen molar-refractivity contribution in [2.24, 2.45) is 5.92 Å². The van der Waals surface area contributed by atoms with Crippen LogP contribution in [0.1, 0.15) is 78.8 Å². The third-order valence-corrected chi connectivity index (χ3v) is 12.0. The molecule has 3 aliphatic heterocycles. The number of thiazole rings is 1. The summed E-state index contributed by atoms with van der Waals surface area (Å²) in [6.07, 6.45) is 4.94. The monoisotopic (exact) mass is 869 g/mol. The lowest BCUT2D eigenvalue weighted by Crippen LogP contribution is -2.54. The number of nitrogens with zero attached hydrogens (tertiary/aromatic N) is 4. The van der Waals surface area contributed by atoms with Crippen LogP contribution in [0.3, 0.4) is 0 Å². The zero-order valence-electron chi connectivity index (χ0n) is 34.0. The lowest BCUT2D eigenvalue weighted by atomic mass is 9.94. The van der Waals surface area contributed by atoms with Gasteiger partial charge in [0.25, 0.3) is 11.8 Å². The maximum absolute atomic E-state index is 13.2. The molecule has 6 rings (SSSR count). The minimum absolute atomic E-state index is 0.0396. The zero-order chi connectivity index (χ0) is 42.6. The second-order valence-corrected chi connectivity index (χ2v) is 17.6. The predicted octanol–water partition coefficient (Wildman–Crippen LogP) is 3.02. The quantitative estimate of drug-likeness (QED) is 0.0796. The number of hydrogen-bond donors (Lipinski definition) is 3. The molecule has 0 aliphatic carbocycles. The van der Waals surface area contributed by atoms with E-state index in [1.807, 2.05) is 4.90 Å². The van der Waals surface area contributed by atoms with Crippen LogP contribution >= 0.6 is 23.1 Å². The van der Waals surface area contributed by atoms with Crippen LogP contribution in [0, 0.1) is 5.92 Å². The van der Waals surface area contributed by atoms with Gasteiger partial charge >= 0.3 is 0 Å². The van der Waals surface area contributed by atoms with Crippen LogP contribution in [0.5, 0.6) is 5.75 Å². The molecule has 18 nitrogen and oxygen atoms in total. The number of imide groups is 2. The van der Waals surface area contributed by atoms with Gasteiger partial charge in [-0.15, -0.1) is 11.8 Å². The highest BCUT2D eigenvalue weighted by Crippen LogP contribution is 2.34. The Morgan fingerprint density at radius 3 is 2.35 bits per heavy atom. The number of carbonyl (C=O) groups is 6. The first-order valence-electron chi connectivity index (χ1n) is 19.9. The van der Waals surface area contributed by atoms with E-state index in [1.54, 1.807) is 36.3 Å². The van der Waals surface area contributed by atoms with E-state index in [-0.39, 0.29) is 72.6 Å². The molecule has 1 atom stereocenters. The fourth-order valence-electron chi connectivity index (χ4n) is 6.68. The number of anilines is 1. The van der Waals surface area contributed by atoms with Gasteiger partial charge in [-0.25, -0.2) is 9.97 Å². The van der Waals surface area contributed by atoms with Crippen molar-refractivity contribution >= 4 is 63.7 Å². The summed E-state index contributed by atoms with van der Waals surface area (Å²) in [5.41, 5.74) is 0.129. The second kappa shape index (κ2) is 21.2. The molecule has 324 valence electrons. The Bertz CT molecular complexity index is 2010. The van der Waals surface area contributed by atoms with Gasteiger partial charge in [0.05, 0.1) is 79.7 Å². The van der Waals surface area contributed by atoms with E-state index < -0.39 is 29.7 Å². The van der Waals surface area contributed by atoms with Crippen molar-refractivity contribution in [1.29, 1.82) is 0 Å². The molecule has 6 amide bonds. The van der Waals surface area contributed by atoms with Gasteiger partial charge < -0.3 is 34.0 Å². The Morgan fingerprint density at radius 2 is 1.65 bits per heavy atom. The maximum atomic E-state index is 13.2. The molecule has 5 heterocycles. The molecule has 1 aromatic carbocycles. The number of likely N-dealkylation sites (tertiary alicyclic amines) is 1. The number of piperidine rings is 2. The molecule has 2 saturated heterocycles. The topological polar surface area (TPSA) is 221 Å². The second-order valence-electron chi connectivity index (χ2n) is 15.3. The summed E-state index contributed by atoms with van der Waals surface area (Å²) >= 11 is 2.99. The highest BCUT2D eigenvalue weighted by molar-refractivity contribution is 8.00. The number of thioether (sulfide) groups is 1. The Morgan fingerprint density at radius 1 is 0.933 bits per heavy atom. The van der Waals surface area contributed by atoms with E-state index in [9.17, 15) is 28.8 Å². The van der Waals surface area contributed by atoms with Crippen LogP contribution in [0.2, 0.25) is 0 Å². The van der Waals surface area contributed by atoms with Crippen LogP contribution in [-0.4, -0.2) is 134 Å². The molecule has 3 aromatic rings. The number of fused-ring (bicyclic) bond motifs is 1. The Kier molecular flexibility index (Phi) is 15.8. The minimum atomic E-state index is -1.05. The van der Waals surface area contributed by atoms with Crippen molar-refractivity contribution in [2.75, 3.05) is 77.7 Å². The zero-order valence-corrected chi connectivity index (χ0v) is 35.6. The molecular weight excluding hydrogens is 819 g/mol. The first-order valence-corrected chi connectivity index (χ1v) is 21.7. The number of amides is 6. The Hall–Kier alpha value is -4.73. The SMILES string of the molecule is CC(C)(C)c1cnc(CSc2cnc(NC(=O)C3CCN(CC(=O)NCCOCCOCCOCCOc4cccc5c4C(=O)N(C4CCC(=O)NC4=O)C5=O)CC3)s2)o1. The summed E-state index contributed by atoms with van der Waals surface area (Å²) in [6, 6.07) is 3.62. The molecule has 0 radical (unpaired) electrons. The number of hydrogen-bond acceptors (Lipinski definition) is 16. The molecule has 60 heavy (non-hydrogen) atoms. The van der Waals surface area contributed by atoms with E-state index in [2.05, 4.69) is 46.7 Å². The predicted molar refractivity (Wildman–Crippen MR) is 219 cm³/mol. The Labute approximate surface area is 355 Å². The van der Waals surface area contributed by atoms with E-state index in [1.165, 1.54) is 17.4 Å². The van der Waals surface area contributed by atoms with Gasteiger partial charge in [-0.05, 0) is 44.5 Å². The summed E-state index contributed by atoms with van der Waals surface area (Å²) < 4.78 is 29.2. The molecular formula is C40H51N7O11S2. The number of oxazole rings is 1. The fourth-order valence-corrected chi connectivity index (χ4v) is 8.41. The number of carbonyl (C=O) groups excluding carboxylic acids is 6. The molecule has 2 fully saturated rings. The van der Waals surface area contributed by atoms with Gasteiger partial charge in [0.2, 0.25) is 29.5 Å². The molecule has 3 N–H and O–H groups in total. The van der Waals surface area contributed by atoms with E-state index >= 15 is 0 Å². The van der Waals surface area contributed by atoms with Crippen LogP contribution in [0.15, 0.2) is 39.2 Å². The number of rotatable bonds is 21. The maximum Gasteiger partial charge on any atom is 0.266 e. The number of benzene rings is 1. The minimum Gasteiger partial charge on any atom is -0.490 e. The van der Waals surface area contributed by atoms with Gasteiger partial charge in [-0.1, -0.05) is 38.2 Å². The van der Waals surface area contributed by atoms with Crippen LogP contribution < -0.4 is 20.7 Å². The van der Waals surface area contributed by atoms with Gasteiger partial charge in [0.1, 0.15) is 24.2 Å². The highest BCUT2D eigenvalue weighted by atomic mass is 32.2. The summed E-state index contributed by atoms with van der Waals surface area (Å²) in [4.78, 5) is 87.1.